The first kappa shape index (κ1) is 12.4. The Morgan fingerprint density at radius 3 is 2.44 bits per heavy atom. The number of nitrogens with one attached hydrogen (secondary N) is 1. The van der Waals surface area contributed by atoms with Gasteiger partial charge in [-0.05, 0) is 31.6 Å². The van der Waals surface area contributed by atoms with Gasteiger partial charge in [-0.3, -0.25) is 15.0 Å². The van der Waals surface area contributed by atoms with Crippen LogP contribution in [0.5, 0.6) is 0 Å². The lowest BCUT2D eigenvalue weighted by Gasteiger charge is -2.38. The predicted octanol–water partition coefficient (Wildman–Crippen LogP) is -0.295. The van der Waals surface area contributed by atoms with Crippen molar-refractivity contribution in [3.8, 4) is 0 Å². The molecule has 18 heavy (non-hydrogen) atoms. The Kier molecular flexibility index (Phi) is 3.30. The first-order chi connectivity index (χ1) is 8.71. The lowest BCUT2D eigenvalue weighted by molar-refractivity contribution is -0.127. The van der Waals surface area contributed by atoms with Crippen LogP contribution in [0.3, 0.4) is 0 Å². The molecule has 1 amide bonds. The number of hydrogen-bond acceptors (Lipinski definition) is 4. The normalized spacial score (nSPS) is 28.9. The lowest BCUT2D eigenvalue weighted by atomic mass is 9.90. The molecule has 2 aliphatic carbocycles. The Morgan fingerprint density at radius 1 is 1.28 bits per heavy atom. The van der Waals surface area contributed by atoms with Crippen molar-refractivity contribution in [3.63, 3.8) is 0 Å². The van der Waals surface area contributed by atoms with Gasteiger partial charge in [-0.15, -0.1) is 0 Å². The molecule has 3 aliphatic rings. The Hall–Kier alpha value is -0.650. The summed E-state index contributed by atoms with van der Waals surface area (Å²) in [6.07, 6.45) is 4.63. The zero-order valence-corrected chi connectivity index (χ0v) is 10.9. The molecule has 102 valence electrons. The van der Waals surface area contributed by atoms with Crippen LogP contribution in [0.15, 0.2) is 0 Å². The van der Waals surface area contributed by atoms with Crippen LogP contribution in [-0.4, -0.2) is 55.2 Å². The molecule has 0 aromatic carbocycles. The Balaban J connectivity index is 1.71. The highest BCUT2D eigenvalue weighted by Gasteiger charge is 2.52. The summed E-state index contributed by atoms with van der Waals surface area (Å²) in [5.41, 5.74) is 5.26. The minimum Gasteiger partial charge on any atom is -0.379 e. The van der Waals surface area contributed by atoms with E-state index in [1.165, 1.54) is 12.8 Å². The molecule has 0 bridgehead atoms. The van der Waals surface area contributed by atoms with Crippen molar-refractivity contribution in [2.24, 2.45) is 11.7 Å². The molecule has 5 nitrogen and oxygen atoms in total. The smallest absolute Gasteiger partial charge is 0.239 e. The topological polar surface area (TPSA) is 67.6 Å². The molecule has 1 heterocycles. The number of rotatable bonds is 6. The van der Waals surface area contributed by atoms with Crippen LogP contribution in [0.4, 0.5) is 0 Å². The van der Waals surface area contributed by atoms with Crippen molar-refractivity contribution < 1.29 is 9.53 Å². The van der Waals surface area contributed by atoms with E-state index in [9.17, 15) is 4.79 Å². The molecule has 1 atom stereocenters. The zero-order valence-electron chi connectivity index (χ0n) is 10.9. The van der Waals surface area contributed by atoms with Crippen LogP contribution in [0, 0.1) is 5.92 Å². The SMILES string of the molecule is NC(=O)C(CN1CCOCC1)(NC1CC1)C1CC1. The van der Waals surface area contributed by atoms with E-state index in [1.807, 2.05) is 0 Å². The Labute approximate surface area is 108 Å². The van der Waals surface area contributed by atoms with Crippen LogP contribution in [-0.2, 0) is 9.53 Å². The van der Waals surface area contributed by atoms with E-state index in [0.29, 0.717) is 12.0 Å². The molecule has 1 unspecified atom stereocenters. The minimum absolute atomic E-state index is 0.164. The molecule has 3 N–H and O–H groups in total. The molecule has 5 heteroatoms. The molecule has 0 aromatic heterocycles. The highest BCUT2D eigenvalue weighted by atomic mass is 16.5. The first-order valence-corrected chi connectivity index (χ1v) is 7.08. The maximum Gasteiger partial charge on any atom is 0.239 e. The fourth-order valence-electron chi connectivity index (χ4n) is 2.92. The summed E-state index contributed by atoms with van der Waals surface area (Å²) in [6, 6.07) is 0.513. The van der Waals surface area contributed by atoms with E-state index in [1.54, 1.807) is 0 Å². The van der Waals surface area contributed by atoms with Crippen molar-refractivity contribution in [1.82, 2.24) is 10.2 Å². The number of carbonyl (C=O) groups is 1. The highest BCUT2D eigenvalue weighted by molar-refractivity contribution is 5.86. The van der Waals surface area contributed by atoms with Gasteiger partial charge in [0.05, 0.1) is 13.2 Å². The van der Waals surface area contributed by atoms with Gasteiger partial charge in [0.15, 0.2) is 0 Å². The van der Waals surface area contributed by atoms with E-state index in [-0.39, 0.29) is 5.91 Å². The molecule has 3 fully saturated rings. The number of nitrogens with zero attached hydrogens (tertiary/aromatic N) is 1. The Bertz CT molecular complexity index is 322. The third-order valence-electron chi connectivity index (χ3n) is 4.33. The molecule has 0 spiro atoms. The van der Waals surface area contributed by atoms with Gasteiger partial charge >= 0.3 is 0 Å². The van der Waals surface area contributed by atoms with Crippen LogP contribution in [0.2, 0.25) is 0 Å². The third-order valence-corrected chi connectivity index (χ3v) is 4.33. The van der Waals surface area contributed by atoms with E-state index >= 15 is 0 Å². The number of nitrogens with two attached hydrogens (primary N) is 1. The molecular formula is C13H23N3O2. The summed E-state index contributed by atoms with van der Waals surface area (Å²) in [5, 5.41) is 3.56. The highest BCUT2D eigenvalue weighted by Crippen LogP contribution is 2.42. The van der Waals surface area contributed by atoms with Crippen molar-refractivity contribution >= 4 is 5.91 Å². The molecule has 2 saturated carbocycles. The largest absolute Gasteiger partial charge is 0.379 e. The van der Waals surface area contributed by atoms with E-state index in [4.69, 9.17) is 10.5 Å². The van der Waals surface area contributed by atoms with Gasteiger partial charge in [0, 0.05) is 25.7 Å². The average Bonchev–Trinajstić information content (AvgIpc) is 3.23. The fourth-order valence-corrected chi connectivity index (χ4v) is 2.92. The average molecular weight is 253 g/mol. The number of morpholine rings is 1. The van der Waals surface area contributed by atoms with E-state index in [0.717, 1.165) is 45.7 Å². The molecule has 3 rings (SSSR count). The van der Waals surface area contributed by atoms with Gasteiger partial charge in [0.1, 0.15) is 5.54 Å². The standard InChI is InChI=1S/C13H23N3O2/c14-12(17)13(10-1-2-10,15-11-3-4-11)9-16-5-7-18-8-6-16/h10-11,15H,1-9H2,(H2,14,17). The van der Waals surface area contributed by atoms with Crippen molar-refractivity contribution in [2.45, 2.75) is 37.3 Å². The molecule has 0 aromatic rings. The van der Waals surface area contributed by atoms with Crippen LogP contribution < -0.4 is 11.1 Å². The van der Waals surface area contributed by atoms with Crippen molar-refractivity contribution in [3.05, 3.63) is 0 Å². The van der Waals surface area contributed by atoms with Crippen LogP contribution in [0.25, 0.3) is 0 Å². The van der Waals surface area contributed by atoms with Gasteiger partial charge in [0.25, 0.3) is 0 Å². The van der Waals surface area contributed by atoms with E-state index in [2.05, 4.69) is 10.2 Å². The summed E-state index contributed by atoms with van der Waals surface area (Å²) >= 11 is 0. The summed E-state index contributed by atoms with van der Waals surface area (Å²) in [4.78, 5) is 14.4. The third kappa shape index (κ3) is 2.53. The molecule has 0 radical (unpaired) electrons. The monoisotopic (exact) mass is 253 g/mol. The summed E-state index contributed by atoms with van der Waals surface area (Å²) in [5.74, 6) is 0.279. The predicted molar refractivity (Wildman–Crippen MR) is 68.1 cm³/mol. The van der Waals surface area contributed by atoms with Gasteiger partial charge < -0.3 is 10.5 Å². The summed E-state index contributed by atoms with van der Waals surface area (Å²) in [6.45, 7) is 4.11. The fraction of sp³-hybridized carbons (Fsp3) is 0.923. The zero-order chi connectivity index (χ0) is 12.6. The molecular weight excluding hydrogens is 230 g/mol. The van der Waals surface area contributed by atoms with Crippen molar-refractivity contribution in [2.75, 3.05) is 32.8 Å². The minimum atomic E-state index is -0.488. The van der Waals surface area contributed by atoms with E-state index < -0.39 is 5.54 Å². The quantitative estimate of drug-likeness (QED) is 0.682. The van der Waals surface area contributed by atoms with Crippen LogP contribution in [0.1, 0.15) is 25.7 Å². The van der Waals surface area contributed by atoms with Crippen LogP contribution >= 0.6 is 0 Å². The van der Waals surface area contributed by atoms with Gasteiger partial charge in [-0.2, -0.15) is 0 Å². The second-order valence-electron chi connectivity index (χ2n) is 5.92. The number of carbonyl (C=O) groups excluding carboxylic acids is 1. The van der Waals surface area contributed by atoms with Gasteiger partial charge in [-0.1, -0.05) is 0 Å². The Morgan fingerprint density at radius 2 is 1.94 bits per heavy atom. The number of ether oxygens (including phenoxy) is 1. The maximum absolute atomic E-state index is 12.0. The summed E-state index contributed by atoms with van der Waals surface area (Å²) in [7, 11) is 0. The number of amides is 1. The second-order valence-corrected chi connectivity index (χ2v) is 5.92. The van der Waals surface area contributed by atoms with Crippen molar-refractivity contribution in [1.29, 1.82) is 0 Å². The number of primary amides is 1. The molecule has 1 saturated heterocycles. The van der Waals surface area contributed by atoms with Gasteiger partial charge in [-0.25, -0.2) is 0 Å². The van der Waals surface area contributed by atoms with Gasteiger partial charge in [0.2, 0.25) is 5.91 Å². The number of hydrogen-bond donors (Lipinski definition) is 2. The maximum atomic E-state index is 12.0. The lowest BCUT2D eigenvalue weighted by Crippen LogP contribution is -2.64. The first-order valence-electron chi connectivity index (χ1n) is 7.08. The second kappa shape index (κ2) is 4.79. The molecule has 1 aliphatic heterocycles. The summed E-state index contributed by atoms with van der Waals surface area (Å²) < 4.78 is 5.37.